The van der Waals surface area contributed by atoms with Crippen LogP contribution in [-0.2, 0) is 4.79 Å². The van der Waals surface area contributed by atoms with E-state index in [0.717, 1.165) is 57.4 Å². The SMILES string of the molecule is O=C(c1ccc(N2CCCC2=O)cc1)N1CCC(C2(O)CC2)CC1. The lowest BCUT2D eigenvalue weighted by atomic mass is 9.89. The van der Waals surface area contributed by atoms with Crippen LogP contribution >= 0.6 is 0 Å². The lowest BCUT2D eigenvalue weighted by Crippen LogP contribution is -2.41. The predicted molar refractivity (Wildman–Crippen MR) is 90.8 cm³/mol. The Balaban J connectivity index is 1.39. The number of likely N-dealkylation sites (tertiary alicyclic amines) is 1. The lowest BCUT2D eigenvalue weighted by molar-refractivity contribution is -0.117. The quantitative estimate of drug-likeness (QED) is 0.925. The summed E-state index contributed by atoms with van der Waals surface area (Å²) in [4.78, 5) is 28.1. The van der Waals surface area contributed by atoms with Crippen LogP contribution in [0.4, 0.5) is 5.69 Å². The predicted octanol–water partition coefficient (Wildman–Crippen LogP) is 2.19. The van der Waals surface area contributed by atoms with Crippen molar-refractivity contribution < 1.29 is 14.7 Å². The maximum absolute atomic E-state index is 12.7. The molecule has 4 rings (SSSR count). The van der Waals surface area contributed by atoms with Gasteiger partial charge in [0, 0.05) is 37.3 Å². The number of piperidine rings is 1. The van der Waals surface area contributed by atoms with Gasteiger partial charge in [0.1, 0.15) is 0 Å². The first kappa shape index (κ1) is 15.6. The van der Waals surface area contributed by atoms with Gasteiger partial charge in [-0.25, -0.2) is 0 Å². The highest BCUT2D eigenvalue weighted by Gasteiger charge is 2.48. The number of carbonyl (C=O) groups excluding carboxylic acids is 2. The van der Waals surface area contributed by atoms with E-state index >= 15 is 0 Å². The molecule has 0 atom stereocenters. The third kappa shape index (κ3) is 2.81. The first-order valence-electron chi connectivity index (χ1n) is 8.99. The highest BCUT2D eigenvalue weighted by Crippen LogP contribution is 2.46. The zero-order valence-corrected chi connectivity index (χ0v) is 13.9. The molecule has 1 aromatic carbocycles. The molecule has 2 amide bonds. The summed E-state index contributed by atoms with van der Waals surface area (Å²) in [6.07, 6.45) is 5.14. The van der Waals surface area contributed by atoms with Crippen molar-refractivity contribution in [2.45, 2.75) is 44.1 Å². The van der Waals surface area contributed by atoms with Crippen molar-refractivity contribution in [2.24, 2.45) is 5.92 Å². The van der Waals surface area contributed by atoms with Crippen LogP contribution < -0.4 is 4.90 Å². The molecule has 5 heteroatoms. The molecule has 1 N–H and O–H groups in total. The number of aliphatic hydroxyl groups is 1. The van der Waals surface area contributed by atoms with Gasteiger partial charge in [0.15, 0.2) is 0 Å². The summed E-state index contributed by atoms with van der Waals surface area (Å²) in [6.45, 7) is 2.21. The lowest BCUT2D eigenvalue weighted by Gasteiger charge is -2.34. The Morgan fingerprint density at radius 2 is 1.75 bits per heavy atom. The maximum atomic E-state index is 12.7. The smallest absolute Gasteiger partial charge is 0.253 e. The Hall–Kier alpha value is -1.88. The Morgan fingerprint density at radius 1 is 1.08 bits per heavy atom. The number of hydrogen-bond acceptors (Lipinski definition) is 3. The van der Waals surface area contributed by atoms with Crippen molar-refractivity contribution in [3.8, 4) is 0 Å². The van der Waals surface area contributed by atoms with Gasteiger partial charge in [-0.3, -0.25) is 9.59 Å². The third-order valence-electron chi connectivity index (χ3n) is 5.80. The molecular weight excluding hydrogens is 304 g/mol. The molecule has 2 heterocycles. The maximum Gasteiger partial charge on any atom is 0.253 e. The van der Waals surface area contributed by atoms with Crippen LogP contribution in [0.3, 0.4) is 0 Å². The third-order valence-corrected chi connectivity index (χ3v) is 5.80. The van der Waals surface area contributed by atoms with E-state index in [-0.39, 0.29) is 11.8 Å². The van der Waals surface area contributed by atoms with E-state index in [0.29, 0.717) is 17.9 Å². The van der Waals surface area contributed by atoms with Crippen molar-refractivity contribution in [3.05, 3.63) is 29.8 Å². The molecule has 3 aliphatic rings. The van der Waals surface area contributed by atoms with Crippen molar-refractivity contribution in [1.82, 2.24) is 4.90 Å². The number of nitrogens with zero attached hydrogens (tertiary/aromatic N) is 2. The van der Waals surface area contributed by atoms with E-state index in [1.807, 2.05) is 29.2 Å². The molecule has 3 fully saturated rings. The molecule has 24 heavy (non-hydrogen) atoms. The van der Waals surface area contributed by atoms with Gasteiger partial charge in [-0.1, -0.05) is 0 Å². The van der Waals surface area contributed by atoms with Gasteiger partial charge in [0.25, 0.3) is 5.91 Å². The first-order valence-corrected chi connectivity index (χ1v) is 8.99. The monoisotopic (exact) mass is 328 g/mol. The van der Waals surface area contributed by atoms with Gasteiger partial charge in [0.05, 0.1) is 5.60 Å². The van der Waals surface area contributed by atoms with Crippen LogP contribution in [0.15, 0.2) is 24.3 Å². The fourth-order valence-corrected chi connectivity index (χ4v) is 4.04. The molecule has 128 valence electrons. The molecule has 2 saturated heterocycles. The molecule has 1 saturated carbocycles. The fraction of sp³-hybridized carbons (Fsp3) is 0.579. The van der Waals surface area contributed by atoms with Gasteiger partial charge in [-0.15, -0.1) is 0 Å². The average molecular weight is 328 g/mol. The molecular formula is C19H24N2O3. The van der Waals surface area contributed by atoms with E-state index in [9.17, 15) is 14.7 Å². The molecule has 1 aromatic rings. The Bertz CT molecular complexity index is 643. The number of hydrogen-bond donors (Lipinski definition) is 1. The van der Waals surface area contributed by atoms with Crippen molar-refractivity contribution >= 4 is 17.5 Å². The number of amides is 2. The average Bonchev–Trinajstić information content (AvgIpc) is 3.23. The standard InChI is InChI=1S/C19H24N2O3/c22-17-2-1-11-21(17)16-5-3-14(4-6-16)18(23)20-12-7-15(8-13-20)19(24)9-10-19/h3-6,15,24H,1-2,7-13H2. The van der Waals surface area contributed by atoms with Crippen LogP contribution in [-0.4, -0.2) is 47.1 Å². The summed E-state index contributed by atoms with van der Waals surface area (Å²) in [5.41, 5.74) is 1.12. The van der Waals surface area contributed by atoms with Crippen LogP contribution in [0.25, 0.3) is 0 Å². The minimum absolute atomic E-state index is 0.0514. The minimum atomic E-state index is -0.431. The molecule has 0 bridgehead atoms. The van der Waals surface area contributed by atoms with Gasteiger partial charge in [0.2, 0.25) is 5.91 Å². The van der Waals surface area contributed by atoms with E-state index in [4.69, 9.17) is 0 Å². The second-order valence-electron chi connectivity index (χ2n) is 7.37. The normalized spacial score (nSPS) is 23.6. The van der Waals surface area contributed by atoms with Crippen LogP contribution in [0.1, 0.15) is 48.9 Å². The number of rotatable bonds is 3. The van der Waals surface area contributed by atoms with Crippen molar-refractivity contribution in [1.29, 1.82) is 0 Å². The molecule has 1 aliphatic carbocycles. The molecule has 0 spiro atoms. The Kier molecular flexibility index (Phi) is 3.83. The molecule has 0 unspecified atom stereocenters. The van der Waals surface area contributed by atoms with E-state index < -0.39 is 5.60 Å². The van der Waals surface area contributed by atoms with Gasteiger partial charge in [-0.2, -0.15) is 0 Å². The number of benzene rings is 1. The summed E-state index contributed by atoms with van der Waals surface area (Å²) < 4.78 is 0. The number of carbonyl (C=O) groups is 2. The van der Waals surface area contributed by atoms with E-state index in [1.165, 1.54) is 0 Å². The van der Waals surface area contributed by atoms with Crippen LogP contribution in [0.2, 0.25) is 0 Å². The Morgan fingerprint density at radius 3 is 2.29 bits per heavy atom. The summed E-state index contributed by atoms with van der Waals surface area (Å²) in [5, 5.41) is 10.2. The topological polar surface area (TPSA) is 60.9 Å². The summed E-state index contributed by atoms with van der Waals surface area (Å²) >= 11 is 0. The zero-order valence-electron chi connectivity index (χ0n) is 13.9. The molecule has 0 aromatic heterocycles. The van der Waals surface area contributed by atoms with Crippen molar-refractivity contribution in [2.75, 3.05) is 24.5 Å². The molecule has 2 aliphatic heterocycles. The van der Waals surface area contributed by atoms with E-state index in [2.05, 4.69) is 0 Å². The summed E-state index contributed by atoms with van der Waals surface area (Å²) in [6, 6.07) is 7.39. The van der Waals surface area contributed by atoms with Crippen molar-refractivity contribution in [3.63, 3.8) is 0 Å². The van der Waals surface area contributed by atoms with Crippen LogP contribution in [0.5, 0.6) is 0 Å². The van der Waals surface area contributed by atoms with Gasteiger partial charge < -0.3 is 14.9 Å². The highest BCUT2D eigenvalue weighted by atomic mass is 16.3. The molecule has 5 nitrogen and oxygen atoms in total. The second-order valence-corrected chi connectivity index (χ2v) is 7.37. The number of anilines is 1. The zero-order chi connectivity index (χ0) is 16.7. The Labute approximate surface area is 142 Å². The van der Waals surface area contributed by atoms with Gasteiger partial charge in [-0.05, 0) is 62.3 Å². The second kappa shape index (κ2) is 5.88. The largest absolute Gasteiger partial charge is 0.390 e. The summed E-state index contributed by atoms with van der Waals surface area (Å²) in [7, 11) is 0. The first-order chi connectivity index (χ1) is 11.6. The highest BCUT2D eigenvalue weighted by molar-refractivity contribution is 5.97. The van der Waals surface area contributed by atoms with E-state index in [1.54, 1.807) is 4.90 Å². The molecule has 0 radical (unpaired) electrons. The minimum Gasteiger partial charge on any atom is -0.390 e. The van der Waals surface area contributed by atoms with Crippen LogP contribution in [0, 0.1) is 5.92 Å². The fourth-order valence-electron chi connectivity index (χ4n) is 4.04. The summed E-state index contributed by atoms with van der Waals surface area (Å²) in [5.74, 6) is 0.565. The van der Waals surface area contributed by atoms with Gasteiger partial charge >= 0.3 is 0 Å².